The molecule has 0 heterocycles. The molecule has 104 valence electrons. The normalized spacial score (nSPS) is 9.95. The number of nitrogens with one attached hydrogen (secondary N) is 1. The Kier molecular flexibility index (Phi) is 4.25. The number of rotatable bonds is 4. The summed E-state index contributed by atoms with van der Waals surface area (Å²) in [7, 11) is 5.43. The van der Waals surface area contributed by atoms with Crippen molar-refractivity contribution < 1.29 is 9.53 Å². The number of ether oxygens (including phenoxy) is 1. The molecule has 2 aromatic carbocycles. The summed E-state index contributed by atoms with van der Waals surface area (Å²) < 4.78 is 5.14. The predicted molar refractivity (Wildman–Crippen MR) is 81.7 cm³/mol. The highest BCUT2D eigenvalue weighted by Crippen LogP contribution is 2.21. The number of benzene rings is 2. The van der Waals surface area contributed by atoms with E-state index in [1.165, 1.54) is 0 Å². The Balaban J connectivity index is 2.24. The highest BCUT2D eigenvalue weighted by molar-refractivity contribution is 6.08. The third-order valence-corrected chi connectivity index (χ3v) is 2.96. The minimum atomic E-state index is -0.137. The van der Waals surface area contributed by atoms with Crippen LogP contribution in [-0.4, -0.2) is 27.1 Å². The summed E-state index contributed by atoms with van der Waals surface area (Å²) in [6.45, 7) is 0. The second-order valence-electron chi connectivity index (χ2n) is 4.60. The number of carbonyl (C=O) groups is 1. The SMILES string of the molecule is COc1cccc(NC(=O)c2ccccc2N(C)C)c1. The molecule has 4 nitrogen and oxygen atoms in total. The molecule has 0 spiro atoms. The maximum absolute atomic E-state index is 12.4. The van der Waals surface area contributed by atoms with Crippen molar-refractivity contribution in [1.82, 2.24) is 0 Å². The van der Waals surface area contributed by atoms with Crippen LogP contribution in [0.3, 0.4) is 0 Å². The van der Waals surface area contributed by atoms with E-state index in [-0.39, 0.29) is 5.91 Å². The van der Waals surface area contributed by atoms with Crippen molar-refractivity contribution in [3.8, 4) is 5.75 Å². The molecule has 0 atom stereocenters. The fourth-order valence-corrected chi connectivity index (χ4v) is 1.95. The molecular weight excluding hydrogens is 252 g/mol. The summed E-state index contributed by atoms with van der Waals surface area (Å²) in [4.78, 5) is 14.3. The molecule has 2 aromatic rings. The number of amides is 1. The Morgan fingerprint density at radius 1 is 1.10 bits per heavy atom. The van der Waals surface area contributed by atoms with Gasteiger partial charge in [0.1, 0.15) is 5.75 Å². The third kappa shape index (κ3) is 3.09. The molecular formula is C16H18N2O2. The number of anilines is 2. The van der Waals surface area contributed by atoms with Gasteiger partial charge in [-0.15, -0.1) is 0 Å². The fourth-order valence-electron chi connectivity index (χ4n) is 1.95. The smallest absolute Gasteiger partial charge is 0.257 e. The first-order chi connectivity index (χ1) is 9.61. The van der Waals surface area contributed by atoms with E-state index in [2.05, 4.69) is 5.32 Å². The van der Waals surface area contributed by atoms with Crippen molar-refractivity contribution in [3.63, 3.8) is 0 Å². The van der Waals surface area contributed by atoms with Crippen molar-refractivity contribution in [2.24, 2.45) is 0 Å². The lowest BCUT2D eigenvalue weighted by molar-refractivity contribution is 0.102. The highest BCUT2D eigenvalue weighted by Gasteiger charge is 2.12. The van der Waals surface area contributed by atoms with Gasteiger partial charge < -0.3 is 15.0 Å². The van der Waals surface area contributed by atoms with E-state index in [9.17, 15) is 4.79 Å². The zero-order valence-corrected chi connectivity index (χ0v) is 11.9. The van der Waals surface area contributed by atoms with Gasteiger partial charge in [0.05, 0.1) is 12.7 Å². The Morgan fingerprint density at radius 2 is 1.85 bits per heavy atom. The molecule has 0 unspecified atom stereocenters. The molecule has 2 rings (SSSR count). The minimum absolute atomic E-state index is 0.137. The van der Waals surface area contributed by atoms with Crippen molar-refractivity contribution in [2.75, 3.05) is 31.4 Å². The lowest BCUT2D eigenvalue weighted by atomic mass is 10.1. The third-order valence-electron chi connectivity index (χ3n) is 2.96. The van der Waals surface area contributed by atoms with Crippen LogP contribution in [0.2, 0.25) is 0 Å². The van der Waals surface area contributed by atoms with Crippen molar-refractivity contribution >= 4 is 17.3 Å². The Hall–Kier alpha value is -2.49. The summed E-state index contributed by atoms with van der Waals surface area (Å²) in [6, 6.07) is 14.8. The highest BCUT2D eigenvalue weighted by atomic mass is 16.5. The molecule has 1 N–H and O–H groups in total. The molecule has 0 aliphatic rings. The molecule has 20 heavy (non-hydrogen) atoms. The van der Waals surface area contributed by atoms with E-state index in [1.807, 2.05) is 61.5 Å². The quantitative estimate of drug-likeness (QED) is 0.928. The maximum Gasteiger partial charge on any atom is 0.257 e. The minimum Gasteiger partial charge on any atom is -0.497 e. The molecule has 0 bridgehead atoms. The first-order valence-electron chi connectivity index (χ1n) is 6.33. The zero-order valence-electron chi connectivity index (χ0n) is 11.9. The van der Waals surface area contributed by atoms with Crippen LogP contribution in [0.15, 0.2) is 48.5 Å². The van der Waals surface area contributed by atoms with Crippen LogP contribution in [0.1, 0.15) is 10.4 Å². The van der Waals surface area contributed by atoms with Crippen LogP contribution in [0, 0.1) is 0 Å². The van der Waals surface area contributed by atoms with Crippen LogP contribution in [0.25, 0.3) is 0 Å². The van der Waals surface area contributed by atoms with Gasteiger partial charge in [0.15, 0.2) is 0 Å². The first kappa shape index (κ1) is 13.9. The number of nitrogens with zero attached hydrogens (tertiary/aromatic N) is 1. The summed E-state index contributed by atoms with van der Waals surface area (Å²) in [5, 5.41) is 2.88. The number of carbonyl (C=O) groups excluding carboxylic acids is 1. The van der Waals surface area contributed by atoms with Gasteiger partial charge in [-0.3, -0.25) is 4.79 Å². The Labute approximate surface area is 119 Å². The van der Waals surface area contributed by atoms with Gasteiger partial charge in [-0.05, 0) is 24.3 Å². The monoisotopic (exact) mass is 270 g/mol. The number of methoxy groups -OCH3 is 1. The standard InChI is InChI=1S/C16H18N2O2/c1-18(2)15-10-5-4-9-14(15)16(19)17-12-7-6-8-13(11-12)20-3/h4-11H,1-3H3,(H,17,19). The van der Waals surface area contributed by atoms with Gasteiger partial charge in [0.2, 0.25) is 0 Å². The number of para-hydroxylation sites is 1. The molecule has 0 fully saturated rings. The zero-order chi connectivity index (χ0) is 14.5. The van der Waals surface area contributed by atoms with E-state index < -0.39 is 0 Å². The average molecular weight is 270 g/mol. The summed E-state index contributed by atoms with van der Waals surface area (Å²) in [6.07, 6.45) is 0. The van der Waals surface area contributed by atoms with E-state index in [4.69, 9.17) is 4.74 Å². The number of hydrogen-bond acceptors (Lipinski definition) is 3. The molecule has 1 amide bonds. The van der Waals surface area contributed by atoms with E-state index in [1.54, 1.807) is 13.2 Å². The molecule has 0 saturated carbocycles. The van der Waals surface area contributed by atoms with Gasteiger partial charge in [-0.25, -0.2) is 0 Å². The van der Waals surface area contributed by atoms with Gasteiger partial charge in [0.25, 0.3) is 5.91 Å². The van der Waals surface area contributed by atoms with Crippen LogP contribution in [0.4, 0.5) is 11.4 Å². The van der Waals surface area contributed by atoms with Crippen LogP contribution in [0.5, 0.6) is 5.75 Å². The Bertz CT molecular complexity index is 609. The molecule has 0 radical (unpaired) electrons. The van der Waals surface area contributed by atoms with E-state index >= 15 is 0 Å². The van der Waals surface area contributed by atoms with Crippen molar-refractivity contribution in [2.45, 2.75) is 0 Å². The lowest BCUT2D eigenvalue weighted by Crippen LogP contribution is -2.18. The first-order valence-corrected chi connectivity index (χ1v) is 6.33. The topological polar surface area (TPSA) is 41.6 Å². The van der Waals surface area contributed by atoms with E-state index in [0.29, 0.717) is 17.0 Å². The summed E-state index contributed by atoms with van der Waals surface area (Å²) >= 11 is 0. The molecule has 0 aromatic heterocycles. The van der Waals surface area contributed by atoms with Gasteiger partial charge in [-0.2, -0.15) is 0 Å². The summed E-state index contributed by atoms with van der Waals surface area (Å²) in [5.41, 5.74) is 2.23. The second kappa shape index (κ2) is 6.10. The predicted octanol–water partition coefficient (Wildman–Crippen LogP) is 3.01. The summed E-state index contributed by atoms with van der Waals surface area (Å²) in [5.74, 6) is 0.575. The molecule has 4 heteroatoms. The number of hydrogen-bond donors (Lipinski definition) is 1. The van der Waals surface area contributed by atoms with Crippen molar-refractivity contribution in [3.05, 3.63) is 54.1 Å². The molecule has 0 aliphatic carbocycles. The average Bonchev–Trinajstić information content (AvgIpc) is 2.47. The van der Waals surface area contributed by atoms with Crippen molar-refractivity contribution in [1.29, 1.82) is 0 Å². The maximum atomic E-state index is 12.4. The Morgan fingerprint density at radius 3 is 2.55 bits per heavy atom. The van der Waals surface area contributed by atoms with Crippen LogP contribution < -0.4 is 15.0 Å². The van der Waals surface area contributed by atoms with Crippen LogP contribution in [-0.2, 0) is 0 Å². The van der Waals surface area contributed by atoms with Gasteiger partial charge in [0, 0.05) is 31.5 Å². The fraction of sp³-hybridized carbons (Fsp3) is 0.188. The largest absolute Gasteiger partial charge is 0.497 e. The lowest BCUT2D eigenvalue weighted by Gasteiger charge is -2.17. The van der Waals surface area contributed by atoms with Gasteiger partial charge in [-0.1, -0.05) is 18.2 Å². The molecule has 0 saturated heterocycles. The van der Waals surface area contributed by atoms with E-state index in [0.717, 1.165) is 5.69 Å². The van der Waals surface area contributed by atoms with Gasteiger partial charge >= 0.3 is 0 Å². The second-order valence-corrected chi connectivity index (χ2v) is 4.60. The molecule has 0 aliphatic heterocycles. The van der Waals surface area contributed by atoms with Crippen LogP contribution >= 0.6 is 0 Å².